The van der Waals surface area contributed by atoms with Crippen molar-refractivity contribution in [1.82, 2.24) is 10.2 Å². The SMILES string of the molecule is Cl.Fc1cc([C@@H](c2ccsc2)N2CCNCC2)ccc1OC(F)(F)F. The summed E-state index contributed by atoms with van der Waals surface area (Å²) in [6.07, 6.45) is -4.91. The standard InChI is InChI=1S/C16H16F4N2OS.ClH/c17-13-9-11(1-2-14(13)23-16(18,19)20)15(12-3-8-24-10-12)22-6-4-21-5-7-22;/h1-3,8-10,15,21H,4-7H2;1H/t15-;/m0./s1. The van der Waals surface area contributed by atoms with E-state index in [0.717, 1.165) is 43.9 Å². The molecule has 1 aliphatic rings. The van der Waals surface area contributed by atoms with Gasteiger partial charge >= 0.3 is 6.36 Å². The lowest BCUT2D eigenvalue weighted by atomic mass is 9.98. The Morgan fingerprint density at radius 1 is 1.12 bits per heavy atom. The van der Waals surface area contributed by atoms with Crippen molar-refractivity contribution in [2.45, 2.75) is 12.4 Å². The lowest BCUT2D eigenvalue weighted by Gasteiger charge is -2.35. The van der Waals surface area contributed by atoms with Gasteiger partial charge in [0.25, 0.3) is 0 Å². The molecule has 1 atom stereocenters. The van der Waals surface area contributed by atoms with Gasteiger partial charge < -0.3 is 10.1 Å². The zero-order valence-corrected chi connectivity index (χ0v) is 14.7. The Morgan fingerprint density at radius 3 is 2.40 bits per heavy atom. The first-order valence-electron chi connectivity index (χ1n) is 7.46. The van der Waals surface area contributed by atoms with Crippen LogP contribution in [0.15, 0.2) is 35.0 Å². The molecule has 0 aliphatic carbocycles. The summed E-state index contributed by atoms with van der Waals surface area (Å²) in [4.78, 5) is 2.19. The molecule has 138 valence electrons. The normalized spacial score (nSPS) is 17.0. The zero-order chi connectivity index (χ0) is 17.2. The Hall–Kier alpha value is -1.35. The third kappa shape index (κ3) is 5.07. The van der Waals surface area contributed by atoms with Crippen LogP contribution >= 0.6 is 23.7 Å². The minimum absolute atomic E-state index is 0. The molecule has 0 radical (unpaired) electrons. The highest BCUT2D eigenvalue weighted by Crippen LogP contribution is 2.34. The maximum Gasteiger partial charge on any atom is 0.573 e. The van der Waals surface area contributed by atoms with Gasteiger partial charge in [0.15, 0.2) is 11.6 Å². The Bertz CT molecular complexity index is 675. The number of benzene rings is 1. The molecule has 0 bridgehead atoms. The minimum Gasteiger partial charge on any atom is -0.403 e. The van der Waals surface area contributed by atoms with E-state index in [4.69, 9.17) is 0 Å². The molecule has 2 aromatic rings. The Morgan fingerprint density at radius 2 is 1.84 bits per heavy atom. The number of piperazine rings is 1. The highest BCUT2D eigenvalue weighted by Gasteiger charge is 2.33. The summed E-state index contributed by atoms with van der Waals surface area (Å²) < 4.78 is 54.7. The number of rotatable bonds is 4. The van der Waals surface area contributed by atoms with E-state index in [1.165, 1.54) is 17.4 Å². The second kappa shape index (κ2) is 8.35. The first kappa shape index (κ1) is 20.0. The van der Waals surface area contributed by atoms with Crippen LogP contribution in [0.2, 0.25) is 0 Å². The average molecular weight is 397 g/mol. The van der Waals surface area contributed by atoms with Crippen molar-refractivity contribution < 1.29 is 22.3 Å². The van der Waals surface area contributed by atoms with Gasteiger partial charge in [-0.1, -0.05) is 6.07 Å². The van der Waals surface area contributed by atoms with Crippen molar-refractivity contribution in [3.63, 3.8) is 0 Å². The highest BCUT2D eigenvalue weighted by molar-refractivity contribution is 7.08. The van der Waals surface area contributed by atoms with Gasteiger partial charge in [-0.25, -0.2) is 4.39 Å². The first-order valence-corrected chi connectivity index (χ1v) is 8.40. The average Bonchev–Trinajstić information content (AvgIpc) is 3.04. The van der Waals surface area contributed by atoms with Crippen LogP contribution in [0.1, 0.15) is 17.2 Å². The molecule has 25 heavy (non-hydrogen) atoms. The third-order valence-corrected chi connectivity index (χ3v) is 4.57. The fourth-order valence-corrected chi connectivity index (χ4v) is 3.56. The summed E-state index contributed by atoms with van der Waals surface area (Å²) in [6, 6.07) is 5.43. The molecule has 1 aromatic heterocycles. The first-order chi connectivity index (χ1) is 11.4. The second-order valence-corrected chi connectivity index (χ2v) is 6.26. The molecular formula is C16H17ClF4N2OS. The molecule has 0 saturated carbocycles. The van der Waals surface area contributed by atoms with Gasteiger partial charge in [-0.15, -0.1) is 25.6 Å². The van der Waals surface area contributed by atoms with Gasteiger partial charge in [0.1, 0.15) is 0 Å². The molecule has 2 heterocycles. The van der Waals surface area contributed by atoms with Crippen molar-refractivity contribution in [3.05, 3.63) is 52.0 Å². The number of alkyl halides is 3. The largest absolute Gasteiger partial charge is 0.573 e. The van der Waals surface area contributed by atoms with Gasteiger partial charge in [-0.05, 0) is 40.1 Å². The number of hydrogen-bond acceptors (Lipinski definition) is 4. The predicted molar refractivity (Wildman–Crippen MR) is 90.9 cm³/mol. The number of hydrogen-bond donors (Lipinski definition) is 1. The van der Waals surface area contributed by atoms with Gasteiger partial charge in [-0.2, -0.15) is 11.3 Å². The molecule has 3 nitrogen and oxygen atoms in total. The van der Waals surface area contributed by atoms with Crippen LogP contribution < -0.4 is 10.1 Å². The van der Waals surface area contributed by atoms with Crippen LogP contribution in [0, 0.1) is 5.82 Å². The van der Waals surface area contributed by atoms with Crippen molar-refractivity contribution in [2.75, 3.05) is 26.2 Å². The molecule has 1 aliphatic heterocycles. The molecule has 1 fully saturated rings. The van der Waals surface area contributed by atoms with Crippen LogP contribution in [0.3, 0.4) is 0 Å². The molecule has 0 amide bonds. The van der Waals surface area contributed by atoms with Gasteiger partial charge in [0.05, 0.1) is 6.04 Å². The lowest BCUT2D eigenvalue weighted by molar-refractivity contribution is -0.275. The van der Waals surface area contributed by atoms with Crippen LogP contribution in [0.25, 0.3) is 0 Å². The molecule has 9 heteroatoms. The Balaban J connectivity index is 0.00000225. The molecule has 1 saturated heterocycles. The fraction of sp³-hybridized carbons (Fsp3) is 0.375. The van der Waals surface area contributed by atoms with Gasteiger partial charge in [0.2, 0.25) is 0 Å². The summed E-state index contributed by atoms with van der Waals surface area (Å²) in [5, 5.41) is 7.16. The van der Waals surface area contributed by atoms with E-state index in [0.29, 0.717) is 5.56 Å². The number of halogens is 5. The van der Waals surface area contributed by atoms with Crippen molar-refractivity contribution >= 4 is 23.7 Å². The fourth-order valence-electron chi connectivity index (χ4n) is 2.88. The molecule has 1 aromatic carbocycles. The summed E-state index contributed by atoms with van der Waals surface area (Å²) in [5.74, 6) is -1.82. The van der Waals surface area contributed by atoms with E-state index in [2.05, 4.69) is 15.0 Å². The van der Waals surface area contributed by atoms with E-state index < -0.39 is 17.9 Å². The molecule has 0 unspecified atom stereocenters. The van der Waals surface area contributed by atoms with Crippen LogP contribution in [0.5, 0.6) is 5.75 Å². The smallest absolute Gasteiger partial charge is 0.403 e. The third-order valence-electron chi connectivity index (χ3n) is 3.87. The number of nitrogens with zero attached hydrogens (tertiary/aromatic N) is 1. The zero-order valence-electron chi connectivity index (χ0n) is 13.1. The second-order valence-electron chi connectivity index (χ2n) is 5.48. The number of thiophene rings is 1. The summed E-state index contributed by atoms with van der Waals surface area (Å²) in [6.45, 7) is 3.20. The van der Waals surface area contributed by atoms with Crippen LogP contribution in [-0.4, -0.2) is 37.4 Å². The quantitative estimate of drug-likeness (QED) is 0.784. The van der Waals surface area contributed by atoms with Gasteiger partial charge in [0, 0.05) is 26.2 Å². The van der Waals surface area contributed by atoms with Crippen molar-refractivity contribution in [2.24, 2.45) is 0 Å². The molecular weight excluding hydrogens is 380 g/mol. The molecule has 0 spiro atoms. The minimum atomic E-state index is -4.91. The van der Waals surface area contributed by atoms with E-state index >= 15 is 0 Å². The van der Waals surface area contributed by atoms with Crippen LogP contribution in [0.4, 0.5) is 17.6 Å². The van der Waals surface area contributed by atoms with E-state index in [1.54, 1.807) is 0 Å². The molecule has 1 N–H and O–H groups in total. The topological polar surface area (TPSA) is 24.5 Å². The Labute approximate surface area is 153 Å². The summed E-state index contributed by atoms with van der Waals surface area (Å²) in [5.41, 5.74) is 1.62. The number of ether oxygens (including phenoxy) is 1. The van der Waals surface area contributed by atoms with Crippen LogP contribution in [-0.2, 0) is 0 Å². The van der Waals surface area contributed by atoms with E-state index in [1.807, 2.05) is 16.8 Å². The van der Waals surface area contributed by atoms with E-state index in [9.17, 15) is 17.6 Å². The van der Waals surface area contributed by atoms with Crippen molar-refractivity contribution in [3.8, 4) is 5.75 Å². The summed E-state index contributed by atoms with van der Waals surface area (Å²) >= 11 is 1.53. The maximum atomic E-state index is 14.1. The summed E-state index contributed by atoms with van der Waals surface area (Å²) in [7, 11) is 0. The Kier molecular flexibility index (Phi) is 6.67. The highest BCUT2D eigenvalue weighted by atomic mass is 35.5. The molecule has 3 rings (SSSR count). The predicted octanol–water partition coefficient (Wildman–Crippen LogP) is 4.20. The number of nitrogens with one attached hydrogen (secondary N) is 1. The monoisotopic (exact) mass is 396 g/mol. The van der Waals surface area contributed by atoms with Gasteiger partial charge in [-0.3, -0.25) is 4.90 Å². The lowest BCUT2D eigenvalue weighted by Crippen LogP contribution is -2.45. The maximum absolute atomic E-state index is 14.1. The van der Waals surface area contributed by atoms with E-state index in [-0.39, 0.29) is 18.4 Å². The van der Waals surface area contributed by atoms with Crippen molar-refractivity contribution in [1.29, 1.82) is 0 Å².